The highest BCUT2D eigenvalue weighted by Gasteiger charge is 2.15. The summed E-state index contributed by atoms with van der Waals surface area (Å²) in [6, 6.07) is 11.3. The topological polar surface area (TPSA) is 15.3 Å². The number of likely N-dealkylation sites (N-methyl/N-ethyl adjacent to an activating group) is 1. The number of nitrogens with one attached hydrogen (secondary N) is 1. The van der Waals surface area contributed by atoms with Crippen LogP contribution < -0.4 is 5.32 Å². The lowest BCUT2D eigenvalue weighted by Gasteiger charge is -2.30. The molecule has 0 aromatic heterocycles. The average molecular weight is 190 g/mol. The number of piperazine rings is 1. The highest BCUT2D eigenvalue weighted by atomic mass is 15.2. The number of hydrogen-bond donors (Lipinski definition) is 1. The monoisotopic (exact) mass is 190 g/mol. The molecule has 1 atom stereocenters. The van der Waals surface area contributed by atoms with Crippen LogP contribution in [0.3, 0.4) is 0 Å². The van der Waals surface area contributed by atoms with Gasteiger partial charge in [-0.3, -0.25) is 0 Å². The molecule has 1 aromatic rings. The van der Waals surface area contributed by atoms with E-state index >= 15 is 0 Å². The molecule has 1 aliphatic rings. The normalized spacial score (nSPS) is 23.6. The fourth-order valence-corrected chi connectivity index (χ4v) is 2.03. The van der Waals surface area contributed by atoms with E-state index in [0.29, 0.717) is 6.04 Å². The first kappa shape index (κ1) is 9.69. The van der Waals surface area contributed by atoms with Gasteiger partial charge in [0, 0.05) is 25.7 Å². The van der Waals surface area contributed by atoms with Gasteiger partial charge in [0.05, 0.1) is 0 Å². The van der Waals surface area contributed by atoms with Gasteiger partial charge in [0.1, 0.15) is 0 Å². The van der Waals surface area contributed by atoms with E-state index in [-0.39, 0.29) is 0 Å². The Kier molecular flexibility index (Phi) is 3.17. The van der Waals surface area contributed by atoms with Crippen molar-refractivity contribution in [2.75, 3.05) is 26.7 Å². The van der Waals surface area contributed by atoms with Crippen LogP contribution in [0.15, 0.2) is 30.3 Å². The van der Waals surface area contributed by atoms with Gasteiger partial charge in [-0.15, -0.1) is 0 Å². The fraction of sp³-hybridized carbons (Fsp3) is 0.500. The third-order valence-electron chi connectivity index (χ3n) is 2.78. The molecule has 0 unspecified atom stereocenters. The minimum atomic E-state index is 0.621. The van der Waals surface area contributed by atoms with Crippen molar-refractivity contribution < 1.29 is 0 Å². The SMILES string of the molecule is CN1CCN[C@@H](Cc2ccccc2)C1. The molecule has 2 heteroatoms. The molecule has 0 aliphatic carbocycles. The second kappa shape index (κ2) is 4.58. The number of rotatable bonds is 2. The average Bonchev–Trinajstić information content (AvgIpc) is 2.19. The van der Waals surface area contributed by atoms with E-state index in [9.17, 15) is 0 Å². The van der Waals surface area contributed by atoms with Crippen LogP contribution in [0.25, 0.3) is 0 Å². The van der Waals surface area contributed by atoms with Gasteiger partial charge in [-0.25, -0.2) is 0 Å². The molecule has 0 spiro atoms. The predicted molar refractivity (Wildman–Crippen MR) is 59.4 cm³/mol. The maximum Gasteiger partial charge on any atom is 0.0235 e. The Morgan fingerprint density at radius 1 is 1.36 bits per heavy atom. The van der Waals surface area contributed by atoms with E-state index in [1.807, 2.05) is 0 Å². The van der Waals surface area contributed by atoms with Crippen molar-refractivity contribution >= 4 is 0 Å². The maximum absolute atomic E-state index is 3.56. The van der Waals surface area contributed by atoms with Gasteiger partial charge in [-0.1, -0.05) is 30.3 Å². The van der Waals surface area contributed by atoms with Crippen LogP contribution in [-0.2, 0) is 6.42 Å². The maximum atomic E-state index is 3.56. The summed E-state index contributed by atoms with van der Waals surface area (Å²) in [5.41, 5.74) is 1.43. The first-order valence-corrected chi connectivity index (χ1v) is 5.30. The lowest BCUT2D eigenvalue weighted by atomic mass is 10.0. The molecular weight excluding hydrogens is 172 g/mol. The summed E-state index contributed by atoms with van der Waals surface area (Å²) in [5.74, 6) is 0. The summed E-state index contributed by atoms with van der Waals surface area (Å²) >= 11 is 0. The Morgan fingerprint density at radius 2 is 2.14 bits per heavy atom. The second-order valence-corrected chi connectivity index (χ2v) is 4.10. The van der Waals surface area contributed by atoms with Crippen LogP contribution in [0.4, 0.5) is 0 Å². The molecule has 0 radical (unpaired) electrons. The Hall–Kier alpha value is -0.860. The fourth-order valence-electron chi connectivity index (χ4n) is 2.03. The quantitative estimate of drug-likeness (QED) is 0.752. The van der Waals surface area contributed by atoms with E-state index in [1.54, 1.807) is 0 Å². The first-order chi connectivity index (χ1) is 6.84. The summed E-state index contributed by atoms with van der Waals surface area (Å²) in [6.45, 7) is 3.45. The molecule has 14 heavy (non-hydrogen) atoms. The van der Waals surface area contributed by atoms with Crippen LogP contribution in [-0.4, -0.2) is 37.6 Å². The molecule has 1 heterocycles. The van der Waals surface area contributed by atoms with Gasteiger partial charge in [-0.2, -0.15) is 0 Å². The molecule has 2 rings (SSSR count). The second-order valence-electron chi connectivity index (χ2n) is 4.10. The van der Waals surface area contributed by atoms with E-state index in [1.165, 1.54) is 12.1 Å². The molecule has 1 aliphatic heterocycles. The number of benzene rings is 1. The van der Waals surface area contributed by atoms with Crippen LogP contribution in [0.5, 0.6) is 0 Å². The summed E-state index contributed by atoms with van der Waals surface area (Å²) in [4.78, 5) is 2.39. The van der Waals surface area contributed by atoms with Gasteiger partial charge < -0.3 is 10.2 Å². The molecule has 2 nitrogen and oxygen atoms in total. The Bertz CT molecular complexity index is 271. The zero-order valence-corrected chi connectivity index (χ0v) is 8.74. The Labute approximate surface area is 85.9 Å². The molecule has 1 saturated heterocycles. The summed E-state index contributed by atoms with van der Waals surface area (Å²) < 4.78 is 0. The van der Waals surface area contributed by atoms with Crippen molar-refractivity contribution in [3.8, 4) is 0 Å². The van der Waals surface area contributed by atoms with Crippen LogP contribution in [0, 0.1) is 0 Å². The van der Waals surface area contributed by atoms with Crippen molar-refractivity contribution in [2.24, 2.45) is 0 Å². The lowest BCUT2D eigenvalue weighted by Crippen LogP contribution is -2.49. The van der Waals surface area contributed by atoms with Crippen molar-refractivity contribution in [2.45, 2.75) is 12.5 Å². The van der Waals surface area contributed by atoms with Crippen molar-refractivity contribution in [3.63, 3.8) is 0 Å². The zero-order chi connectivity index (χ0) is 9.80. The number of nitrogens with zero attached hydrogens (tertiary/aromatic N) is 1. The minimum Gasteiger partial charge on any atom is -0.311 e. The van der Waals surface area contributed by atoms with Crippen molar-refractivity contribution in [3.05, 3.63) is 35.9 Å². The van der Waals surface area contributed by atoms with Crippen molar-refractivity contribution in [1.29, 1.82) is 0 Å². The van der Waals surface area contributed by atoms with Crippen LogP contribution >= 0.6 is 0 Å². The standard InChI is InChI=1S/C12H18N2/c1-14-8-7-13-12(10-14)9-11-5-3-2-4-6-11/h2-6,12-13H,7-10H2,1H3/t12-/m0/s1. The largest absolute Gasteiger partial charge is 0.311 e. The highest BCUT2D eigenvalue weighted by molar-refractivity contribution is 5.16. The molecule has 1 N–H and O–H groups in total. The van der Waals surface area contributed by atoms with Crippen molar-refractivity contribution in [1.82, 2.24) is 10.2 Å². The lowest BCUT2D eigenvalue weighted by molar-refractivity contribution is 0.238. The predicted octanol–water partition coefficient (Wildman–Crippen LogP) is 1.13. The van der Waals surface area contributed by atoms with E-state index < -0.39 is 0 Å². The highest BCUT2D eigenvalue weighted by Crippen LogP contribution is 2.06. The zero-order valence-electron chi connectivity index (χ0n) is 8.74. The first-order valence-electron chi connectivity index (χ1n) is 5.30. The van der Waals surface area contributed by atoms with Gasteiger partial charge >= 0.3 is 0 Å². The smallest absolute Gasteiger partial charge is 0.0235 e. The number of hydrogen-bond acceptors (Lipinski definition) is 2. The van der Waals surface area contributed by atoms with Gasteiger partial charge in [0.25, 0.3) is 0 Å². The molecule has 1 aromatic carbocycles. The summed E-state index contributed by atoms with van der Waals surface area (Å²) in [7, 11) is 2.19. The minimum absolute atomic E-state index is 0.621. The van der Waals surface area contributed by atoms with E-state index in [2.05, 4.69) is 47.6 Å². The summed E-state index contributed by atoms with van der Waals surface area (Å²) in [6.07, 6.45) is 1.14. The third-order valence-corrected chi connectivity index (χ3v) is 2.78. The van der Waals surface area contributed by atoms with Crippen LogP contribution in [0.1, 0.15) is 5.56 Å². The Morgan fingerprint density at radius 3 is 2.86 bits per heavy atom. The van der Waals surface area contributed by atoms with E-state index in [4.69, 9.17) is 0 Å². The molecule has 76 valence electrons. The molecule has 1 fully saturated rings. The van der Waals surface area contributed by atoms with E-state index in [0.717, 1.165) is 19.5 Å². The molecule has 0 bridgehead atoms. The third kappa shape index (κ3) is 2.56. The summed E-state index contributed by atoms with van der Waals surface area (Å²) in [5, 5.41) is 3.56. The molecule has 0 saturated carbocycles. The van der Waals surface area contributed by atoms with Crippen LogP contribution in [0.2, 0.25) is 0 Å². The van der Waals surface area contributed by atoms with Gasteiger partial charge in [-0.05, 0) is 19.0 Å². The van der Waals surface area contributed by atoms with Gasteiger partial charge in [0.15, 0.2) is 0 Å². The van der Waals surface area contributed by atoms with Gasteiger partial charge in [0.2, 0.25) is 0 Å². The Balaban J connectivity index is 1.91. The molecule has 0 amide bonds. The molecular formula is C12H18N2.